The Bertz CT molecular complexity index is 441. The highest BCUT2D eigenvalue weighted by Gasteiger charge is 2.29. The van der Waals surface area contributed by atoms with E-state index in [0.717, 1.165) is 6.42 Å². The highest BCUT2D eigenvalue weighted by Crippen LogP contribution is 2.29. The Morgan fingerprint density at radius 1 is 1.39 bits per heavy atom. The zero-order valence-electron chi connectivity index (χ0n) is 10.3. The average Bonchev–Trinajstić information content (AvgIpc) is 2.32. The van der Waals surface area contributed by atoms with Crippen LogP contribution in [-0.2, 0) is 0 Å². The van der Waals surface area contributed by atoms with Crippen LogP contribution in [0.15, 0.2) is 18.2 Å². The maximum atomic E-state index is 12.3. The number of aromatic hydroxyl groups is 2. The van der Waals surface area contributed by atoms with Crippen LogP contribution in [0.4, 0.5) is 0 Å². The molecule has 1 aliphatic rings. The largest absolute Gasteiger partial charge is 0.507 e. The zero-order valence-corrected chi connectivity index (χ0v) is 10.3. The normalized spacial score (nSPS) is 24.0. The summed E-state index contributed by atoms with van der Waals surface area (Å²) in [6.45, 7) is 3.10. The monoisotopic (exact) mass is 250 g/mol. The SMILES string of the molecule is CC1CN(C(=O)c2c(O)cccc2O)CCC1N. The quantitative estimate of drug-likeness (QED) is 0.691. The van der Waals surface area contributed by atoms with Crippen LogP contribution in [0.25, 0.3) is 0 Å². The number of phenols is 2. The maximum Gasteiger partial charge on any atom is 0.261 e. The third kappa shape index (κ3) is 2.26. The van der Waals surface area contributed by atoms with Crippen molar-refractivity contribution in [2.45, 2.75) is 19.4 Å². The lowest BCUT2D eigenvalue weighted by Crippen LogP contribution is -2.48. The van der Waals surface area contributed by atoms with Crippen molar-refractivity contribution >= 4 is 5.91 Å². The van der Waals surface area contributed by atoms with Crippen molar-refractivity contribution in [1.29, 1.82) is 0 Å². The molecule has 1 fully saturated rings. The summed E-state index contributed by atoms with van der Waals surface area (Å²) in [6.07, 6.45) is 0.737. The molecule has 0 aliphatic carbocycles. The summed E-state index contributed by atoms with van der Waals surface area (Å²) in [4.78, 5) is 13.9. The number of nitrogens with zero attached hydrogens (tertiary/aromatic N) is 1. The average molecular weight is 250 g/mol. The molecule has 5 nitrogen and oxygen atoms in total. The molecule has 1 heterocycles. The number of phenolic OH excluding ortho intramolecular Hbond substituents is 2. The number of amides is 1. The Morgan fingerprint density at radius 3 is 2.56 bits per heavy atom. The van der Waals surface area contributed by atoms with Gasteiger partial charge in [0.05, 0.1) is 0 Å². The number of carbonyl (C=O) groups is 1. The molecule has 0 radical (unpaired) electrons. The molecular formula is C13H18N2O3. The van der Waals surface area contributed by atoms with Gasteiger partial charge in [0.1, 0.15) is 17.1 Å². The van der Waals surface area contributed by atoms with E-state index in [0.29, 0.717) is 13.1 Å². The van der Waals surface area contributed by atoms with E-state index in [4.69, 9.17) is 5.73 Å². The third-order valence-corrected chi connectivity index (χ3v) is 3.49. The minimum absolute atomic E-state index is 0.0276. The molecule has 5 heteroatoms. The predicted molar refractivity (Wildman–Crippen MR) is 67.4 cm³/mol. The fourth-order valence-electron chi connectivity index (χ4n) is 2.25. The van der Waals surface area contributed by atoms with Gasteiger partial charge in [-0.3, -0.25) is 4.79 Å². The van der Waals surface area contributed by atoms with Gasteiger partial charge in [-0.15, -0.1) is 0 Å². The molecule has 0 saturated carbocycles. The van der Waals surface area contributed by atoms with Crippen molar-refractivity contribution in [2.24, 2.45) is 11.7 Å². The lowest BCUT2D eigenvalue weighted by molar-refractivity contribution is 0.0658. The van der Waals surface area contributed by atoms with Crippen LogP contribution >= 0.6 is 0 Å². The number of nitrogens with two attached hydrogens (primary N) is 1. The Hall–Kier alpha value is -1.75. The van der Waals surface area contributed by atoms with Crippen molar-refractivity contribution < 1.29 is 15.0 Å². The molecule has 18 heavy (non-hydrogen) atoms. The molecule has 0 aromatic heterocycles. The predicted octanol–water partition coefficient (Wildman–Crippen LogP) is 0.907. The van der Waals surface area contributed by atoms with Crippen LogP contribution in [0.2, 0.25) is 0 Å². The maximum absolute atomic E-state index is 12.3. The summed E-state index contributed by atoms with van der Waals surface area (Å²) >= 11 is 0. The highest BCUT2D eigenvalue weighted by molar-refractivity contribution is 5.99. The van der Waals surface area contributed by atoms with E-state index in [9.17, 15) is 15.0 Å². The molecular weight excluding hydrogens is 232 g/mol. The first kappa shape index (κ1) is 12.7. The molecule has 1 aromatic carbocycles. The van der Waals surface area contributed by atoms with Gasteiger partial charge in [-0.05, 0) is 24.5 Å². The Kier molecular flexibility index (Phi) is 3.43. The molecule has 1 aliphatic heterocycles. The summed E-state index contributed by atoms with van der Waals surface area (Å²) in [5.41, 5.74) is 5.87. The van der Waals surface area contributed by atoms with Crippen LogP contribution in [0.1, 0.15) is 23.7 Å². The van der Waals surface area contributed by atoms with Crippen molar-refractivity contribution in [3.05, 3.63) is 23.8 Å². The zero-order chi connectivity index (χ0) is 13.3. The van der Waals surface area contributed by atoms with Gasteiger partial charge < -0.3 is 20.8 Å². The minimum atomic E-state index is -0.343. The first-order chi connectivity index (χ1) is 8.50. The fraction of sp³-hybridized carbons (Fsp3) is 0.462. The minimum Gasteiger partial charge on any atom is -0.507 e. The number of carbonyl (C=O) groups excluding carboxylic acids is 1. The summed E-state index contributed by atoms with van der Waals surface area (Å²) in [6, 6.07) is 4.39. The van der Waals surface area contributed by atoms with E-state index in [2.05, 4.69) is 0 Å². The van der Waals surface area contributed by atoms with Gasteiger partial charge in [0.15, 0.2) is 0 Å². The van der Waals surface area contributed by atoms with Crippen molar-refractivity contribution in [2.75, 3.05) is 13.1 Å². The Labute approximate surface area is 106 Å². The number of piperidine rings is 1. The van der Waals surface area contributed by atoms with Crippen LogP contribution in [0, 0.1) is 5.92 Å². The van der Waals surface area contributed by atoms with Crippen LogP contribution in [0.5, 0.6) is 11.5 Å². The number of rotatable bonds is 1. The number of hydrogen-bond acceptors (Lipinski definition) is 4. The van der Waals surface area contributed by atoms with E-state index >= 15 is 0 Å². The smallest absolute Gasteiger partial charge is 0.261 e. The second kappa shape index (κ2) is 4.86. The fourth-order valence-corrected chi connectivity index (χ4v) is 2.25. The first-order valence-corrected chi connectivity index (χ1v) is 6.06. The molecule has 1 amide bonds. The molecule has 0 bridgehead atoms. The van der Waals surface area contributed by atoms with Gasteiger partial charge >= 0.3 is 0 Å². The highest BCUT2D eigenvalue weighted by atomic mass is 16.3. The second-order valence-corrected chi connectivity index (χ2v) is 4.85. The summed E-state index contributed by atoms with van der Waals surface area (Å²) in [5, 5.41) is 19.4. The van der Waals surface area contributed by atoms with E-state index in [-0.39, 0.29) is 34.9 Å². The Morgan fingerprint density at radius 2 is 2.00 bits per heavy atom. The lowest BCUT2D eigenvalue weighted by Gasteiger charge is -2.35. The second-order valence-electron chi connectivity index (χ2n) is 4.85. The van der Waals surface area contributed by atoms with Crippen molar-refractivity contribution in [1.82, 2.24) is 4.90 Å². The molecule has 1 saturated heterocycles. The van der Waals surface area contributed by atoms with E-state index in [1.54, 1.807) is 4.90 Å². The van der Waals surface area contributed by atoms with E-state index < -0.39 is 0 Å². The topological polar surface area (TPSA) is 86.8 Å². The third-order valence-electron chi connectivity index (χ3n) is 3.49. The van der Waals surface area contributed by atoms with Gasteiger partial charge in [0.25, 0.3) is 5.91 Å². The van der Waals surface area contributed by atoms with E-state index in [1.165, 1.54) is 18.2 Å². The van der Waals surface area contributed by atoms with Crippen LogP contribution < -0.4 is 5.73 Å². The molecule has 2 rings (SSSR count). The molecule has 1 aromatic rings. The molecule has 2 unspecified atom stereocenters. The van der Waals surface area contributed by atoms with E-state index in [1.807, 2.05) is 6.92 Å². The molecule has 2 atom stereocenters. The molecule has 4 N–H and O–H groups in total. The Balaban J connectivity index is 2.22. The number of benzene rings is 1. The van der Waals surface area contributed by atoms with Crippen LogP contribution in [-0.4, -0.2) is 40.2 Å². The van der Waals surface area contributed by atoms with Gasteiger partial charge in [-0.25, -0.2) is 0 Å². The van der Waals surface area contributed by atoms with Gasteiger partial charge in [-0.2, -0.15) is 0 Å². The number of likely N-dealkylation sites (tertiary alicyclic amines) is 1. The van der Waals surface area contributed by atoms with Crippen molar-refractivity contribution in [3.63, 3.8) is 0 Å². The summed E-state index contributed by atoms with van der Waals surface area (Å²) in [7, 11) is 0. The molecule has 98 valence electrons. The lowest BCUT2D eigenvalue weighted by atomic mass is 9.94. The summed E-state index contributed by atoms with van der Waals surface area (Å²) < 4.78 is 0. The number of hydrogen-bond donors (Lipinski definition) is 3. The first-order valence-electron chi connectivity index (χ1n) is 6.06. The standard InChI is InChI=1S/C13H18N2O3/c1-8-7-15(6-5-9(8)14)13(18)12-10(16)3-2-4-11(12)17/h2-4,8-9,16-17H,5-7,14H2,1H3. The van der Waals surface area contributed by atoms with Gasteiger partial charge in [-0.1, -0.05) is 13.0 Å². The van der Waals surface area contributed by atoms with Gasteiger partial charge in [0, 0.05) is 19.1 Å². The van der Waals surface area contributed by atoms with Crippen LogP contribution in [0.3, 0.4) is 0 Å². The molecule has 0 spiro atoms. The van der Waals surface area contributed by atoms with Crippen molar-refractivity contribution in [3.8, 4) is 11.5 Å². The summed E-state index contributed by atoms with van der Waals surface area (Å²) in [5.74, 6) is -0.509. The van der Waals surface area contributed by atoms with Gasteiger partial charge in [0.2, 0.25) is 0 Å².